The monoisotopic (exact) mass is 510 g/mol. The van der Waals surface area contributed by atoms with Crippen LogP contribution in [0.15, 0.2) is 74.5 Å². The van der Waals surface area contributed by atoms with Gasteiger partial charge in [0.1, 0.15) is 0 Å². The predicted octanol–water partition coefficient (Wildman–Crippen LogP) is 3.53. The number of thioether (sulfide) groups is 1. The van der Waals surface area contributed by atoms with Gasteiger partial charge in [-0.05, 0) is 49.4 Å². The summed E-state index contributed by atoms with van der Waals surface area (Å²) in [5, 5.41) is 7.42. The number of carboxylic acid groups (broad SMARTS) is 1. The summed E-state index contributed by atoms with van der Waals surface area (Å²) < 4.78 is 7.23. The molecule has 2 heterocycles. The van der Waals surface area contributed by atoms with Crippen LogP contribution in [0.4, 0.5) is 0 Å². The highest BCUT2D eigenvalue weighted by molar-refractivity contribution is 7.98. The second-order valence-electron chi connectivity index (χ2n) is 7.78. The number of thiazole rings is 1. The van der Waals surface area contributed by atoms with E-state index >= 15 is 0 Å². The lowest BCUT2D eigenvalue weighted by molar-refractivity contribution is -0.137. The Hall–Kier alpha value is -3.43. The molecule has 1 unspecified atom stereocenters. The number of carbonyl (C=O) groups excluding carboxylic acids is 1. The summed E-state index contributed by atoms with van der Waals surface area (Å²) in [6.07, 6.45) is 3.88. The van der Waals surface area contributed by atoms with Crippen LogP contribution < -0.4 is 14.9 Å². The molecule has 35 heavy (non-hydrogen) atoms. The molecule has 9 heteroatoms. The second-order valence-corrected chi connectivity index (χ2v) is 9.66. The van der Waals surface area contributed by atoms with Gasteiger partial charge in [0.2, 0.25) is 0 Å². The number of aryl methyl sites for hydroxylation is 1. The first-order valence-electron chi connectivity index (χ1n) is 10.7. The van der Waals surface area contributed by atoms with Crippen molar-refractivity contribution in [2.24, 2.45) is 4.99 Å². The fraction of sp³-hybridized carbons (Fsp3) is 0.231. The summed E-state index contributed by atoms with van der Waals surface area (Å²) >= 11 is 2.97. The van der Waals surface area contributed by atoms with E-state index < -0.39 is 18.0 Å². The van der Waals surface area contributed by atoms with E-state index in [-0.39, 0.29) is 5.56 Å². The molecule has 1 aromatic heterocycles. The number of hydrogen-bond acceptors (Lipinski definition) is 7. The largest absolute Gasteiger partial charge is 0.481 e. The smallest absolute Gasteiger partial charge is 0.338 e. The van der Waals surface area contributed by atoms with Gasteiger partial charge in [0.15, 0.2) is 4.80 Å². The van der Waals surface area contributed by atoms with Crippen LogP contribution in [0.2, 0.25) is 0 Å². The van der Waals surface area contributed by atoms with Gasteiger partial charge >= 0.3 is 5.97 Å². The Bertz CT molecular complexity index is 1450. The van der Waals surface area contributed by atoms with Crippen LogP contribution >= 0.6 is 23.1 Å². The number of methoxy groups -OCH3 is 1. The van der Waals surface area contributed by atoms with Crippen molar-refractivity contribution in [3.05, 3.63) is 96.2 Å². The van der Waals surface area contributed by atoms with Crippen LogP contribution in [-0.4, -0.2) is 35.0 Å². The van der Waals surface area contributed by atoms with Crippen molar-refractivity contribution in [1.82, 2.24) is 4.57 Å². The minimum absolute atomic E-state index is 0.169. The molecule has 0 saturated heterocycles. The molecule has 2 aromatic carbocycles. The van der Waals surface area contributed by atoms with Gasteiger partial charge in [0, 0.05) is 11.8 Å². The lowest BCUT2D eigenvalue weighted by atomic mass is 9.96. The molecule has 1 N–H and O–H groups in total. The zero-order valence-electron chi connectivity index (χ0n) is 20.1. The molecule has 1 aliphatic heterocycles. The summed E-state index contributed by atoms with van der Waals surface area (Å²) in [7, 11) is 1.35. The third kappa shape index (κ3) is 5.98. The molecule has 0 aliphatic carbocycles. The molecule has 0 bridgehead atoms. The molecule has 3 aromatic rings. The number of allylic oxidation sites excluding steroid dienone is 1. The zero-order valence-corrected chi connectivity index (χ0v) is 21.7. The Kier molecular flexibility index (Phi) is 8.48. The third-order valence-electron chi connectivity index (χ3n) is 5.23. The molecule has 7 nitrogen and oxygen atoms in total. The van der Waals surface area contributed by atoms with E-state index in [1.165, 1.54) is 18.4 Å². The highest BCUT2D eigenvalue weighted by Gasteiger charge is 2.33. The van der Waals surface area contributed by atoms with Gasteiger partial charge in [0.25, 0.3) is 11.5 Å². The van der Waals surface area contributed by atoms with Crippen LogP contribution in [0, 0.1) is 6.92 Å². The van der Waals surface area contributed by atoms with Gasteiger partial charge in [-0.1, -0.05) is 53.3 Å². The number of esters is 1. The summed E-state index contributed by atoms with van der Waals surface area (Å²) in [5.41, 5.74) is 3.72. The van der Waals surface area contributed by atoms with E-state index in [1.807, 2.05) is 67.8 Å². The highest BCUT2D eigenvalue weighted by Crippen LogP contribution is 2.31. The SMILES string of the molecule is CC(=O)O.COC(=O)C1=C(C)N=c2sc(=Cc3ccc(C)cc3)c(=O)n2C1c1ccc(SC)cc1. The Balaban J connectivity index is 0.000000795. The molecule has 0 fully saturated rings. The maximum Gasteiger partial charge on any atom is 0.338 e. The number of nitrogens with zero attached hydrogens (tertiary/aromatic N) is 2. The van der Waals surface area contributed by atoms with Crippen molar-refractivity contribution in [3.63, 3.8) is 0 Å². The number of benzene rings is 2. The maximum atomic E-state index is 13.5. The van der Waals surface area contributed by atoms with Crippen LogP contribution in [0.1, 0.15) is 36.6 Å². The Morgan fingerprint density at radius 2 is 1.71 bits per heavy atom. The molecule has 182 valence electrons. The zero-order chi connectivity index (χ0) is 25.7. The van der Waals surface area contributed by atoms with E-state index in [1.54, 1.807) is 23.3 Å². The number of rotatable bonds is 4. The third-order valence-corrected chi connectivity index (χ3v) is 6.96. The molecule has 1 aliphatic rings. The summed E-state index contributed by atoms with van der Waals surface area (Å²) in [6.45, 7) is 4.89. The summed E-state index contributed by atoms with van der Waals surface area (Å²) in [6, 6.07) is 15.3. The topological polar surface area (TPSA) is 98.0 Å². The lowest BCUT2D eigenvalue weighted by Gasteiger charge is -2.24. The molecule has 1 atom stereocenters. The van der Waals surface area contributed by atoms with Crippen molar-refractivity contribution in [2.45, 2.75) is 31.7 Å². The molecule has 0 saturated carbocycles. The summed E-state index contributed by atoms with van der Waals surface area (Å²) in [4.78, 5) is 41.4. The van der Waals surface area contributed by atoms with Crippen LogP contribution in [0.5, 0.6) is 0 Å². The van der Waals surface area contributed by atoms with Crippen molar-refractivity contribution in [3.8, 4) is 0 Å². The normalized spacial score (nSPS) is 15.0. The standard InChI is InChI=1S/C24H22N2O3S2.C2H4O2/c1-14-5-7-16(8-6-14)13-19-22(27)26-21(17-9-11-18(30-4)12-10-17)20(23(28)29-3)15(2)25-24(26)31-19;1-2(3)4/h5-13,21H,1-4H3;1H3,(H,3,4). The number of carbonyl (C=O) groups is 2. The average molecular weight is 511 g/mol. The fourth-order valence-corrected chi connectivity index (χ4v) is 5.06. The second kappa shape index (κ2) is 11.3. The van der Waals surface area contributed by atoms with Gasteiger partial charge in [-0.2, -0.15) is 0 Å². The number of aromatic nitrogens is 1. The molecular weight excluding hydrogens is 484 g/mol. The van der Waals surface area contributed by atoms with Crippen LogP contribution in [0.3, 0.4) is 0 Å². The van der Waals surface area contributed by atoms with Gasteiger partial charge in [-0.3, -0.25) is 14.2 Å². The van der Waals surface area contributed by atoms with Crippen molar-refractivity contribution in [2.75, 3.05) is 13.4 Å². The van der Waals surface area contributed by atoms with Crippen LogP contribution in [0.25, 0.3) is 6.08 Å². The van der Waals surface area contributed by atoms with E-state index in [4.69, 9.17) is 14.6 Å². The number of ether oxygens (including phenoxy) is 1. The number of fused-ring (bicyclic) bond motifs is 1. The summed E-state index contributed by atoms with van der Waals surface area (Å²) in [5.74, 6) is -1.31. The van der Waals surface area contributed by atoms with E-state index in [0.717, 1.165) is 28.5 Å². The number of hydrogen-bond donors (Lipinski definition) is 1. The van der Waals surface area contributed by atoms with Crippen LogP contribution in [-0.2, 0) is 14.3 Å². The molecule has 4 rings (SSSR count). The Morgan fingerprint density at radius 3 is 2.26 bits per heavy atom. The minimum Gasteiger partial charge on any atom is -0.481 e. The first-order chi connectivity index (χ1) is 16.7. The fourth-order valence-electron chi connectivity index (χ4n) is 3.61. The van der Waals surface area contributed by atoms with E-state index in [2.05, 4.69) is 4.99 Å². The lowest BCUT2D eigenvalue weighted by Crippen LogP contribution is -2.39. The van der Waals surface area contributed by atoms with E-state index in [0.29, 0.717) is 20.6 Å². The minimum atomic E-state index is -0.833. The molecule has 0 amide bonds. The van der Waals surface area contributed by atoms with Crippen molar-refractivity contribution in [1.29, 1.82) is 0 Å². The molecule has 0 spiro atoms. The van der Waals surface area contributed by atoms with Gasteiger partial charge < -0.3 is 9.84 Å². The first-order valence-corrected chi connectivity index (χ1v) is 12.7. The van der Waals surface area contributed by atoms with E-state index in [9.17, 15) is 9.59 Å². The van der Waals surface area contributed by atoms with Gasteiger partial charge in [0.05, 0.1) is 29.0 Å². The highest BCUT2D eigenvalue weighted by atomic mass is 32.2. The number of aliphatic carboxylic acids is 1. The van der Waals surface area contributed by atoms with Crippen molar-refractivity contribution < 1.29 is 19.4 Å². The maximum absolute atomic E-state index is 13.5. The average Bonchev–Trinajstić information content (AvgIpc) is 3.13. The van der Waals surface area contributed by atoms with Crippen molar-refractivity contribution >= 4 is 41.1 Å². The first kappa shape index (κ1) is 26.2. The van der Waals surface area contributed by atoms with Gasteiger partial charge in [-0.15, -0.1) is 11.8 Å². The van der Waals surface area contributed by atoms with Gasteiger partial charge in [-0.25, -0.2) is 9.79 Å². The number of carboxylic acids is 1. The molecular formula is C26H26N2O5S2. The Labute approximate surface area is 211 Å². The quantitative estimate of drug-likeness (QED) is 0.426. The Morgan fingerprint density at radius 1 is 1.11 bits per heavy atom. The predicted molar refractivity (Wildman–Crippen MR) is 138 cm³/mol. The molecule has 0 radical (unpaired) electrons.